The summed E-state index contributed by atoms with van der Waals surface area (Å²) >= 11 is 5.07. The molecule has 0 aromatic heterocycles. The first-order valence-corrected chi connectivity index (χ1v) is 1.62. The second-order valence-corrected chi connectivity index (χ2v) is 0.752. The van der Waals surface area contributed by atoms with Gasteiger partial charge in [-0.2, -0.15) is 0 Å². The third-order valence-corrected chi connectivity index (χ3v) is 0.327. The van der Waals surface area contributed by atoms with Crippen LogP contribution in [0.5, 0.6) is 0 Å². The van der Waals surface area contributed by atoms with E-state index in [0.29, 0.717) is 5.88 Å². The molecule has 0 heterocycles. The van der Waals surface area contributed by atoms with Crippen LogP contribution in [0, 0.1) is 0 Å². The fourth-order valence-corrected chi connectivity index (χ4v) is 0. The van der Waals surface area contributed by atoms with Crippen LogP contribution in [0.3, 0.4) is 0 Å². The summed E-state index contributed by atoms with van der Waals surface area (Å²) < 4.78 is 0. The highest BCUT2D eigenvalue weighted by molar-refractivity contribution is 6.18. The molecule has 0 atom stereocenters. The molecule has 0 saturated carbocycles. The molecule has 0 aliphatic rings. The zero-order valence-corrected chi connectivity index (χ0v) is 3.13. The summed E-state index contributed by atoms with van der Waals surface area (Å²) in [6.07, 6.45) is 1.64. The summed E-state index contributed by atoms with van der Waals surface area (Å²) in [4.78, 5) is 0. The summed E-state index contributed by atoms with van der Waals surface area (Å²) in [6, 6.07) is 0. The van der Waals surface area contributed by atoms with Crippen molar-refractivity contribution in [1.29, 1.82) is 0 Å². The van der Waals surface area contributed by atoms with E-state index in [4.69, 9.17) is 11.6 Å². The Balaban J connectivity index is 0. The molecule has 0 aromatic carbocycles. The van der Waals surface area contributed by atoms with Crippen LogP contribution in [0.15, 0.2) is 12.7 Å². The van der Waals surface area contributed by atoms with Crippen LogP contribution in [0.4, 0.5) is 0 Å². The monoisotopic (exact) mass is 92.0 g/mol. The van der Waals surface area contributed by atoms with Crippen molar-refractivity contribution in [3.63, 3.8) is 0 Å². The van der Waals surface area contributed by atoms with Crippen molar-refractivity contribution in [2.75, 3.05) is 5.88 Å². The number of hydrogen-bond acceptors (Lipinski definition) is 0. The number of allylic oxidation sites excluding steroid dienone is 1. The normalized spacial score (nSPS) is 5.00. The molecule has 0 unspecified atom stereocenters. The Morgan fingerprint density at radius 1 is 1.80 bits per heavy atom. The van der Waals surface area contributed by atoms with Gasteiger partial charge < -0.3 is 0 Å². The standard InChI is InChI=1S/C3H5Cl.CH4/c1-2-3-4;/h2H,1,3H2;1H4. The second-order valence-electron chi connectivity index (χ2n) is 0.443. The molecule has 0 fully saturated rings. The van der Waals surface area contributed by atoms with E-state index < -0.39 is 0 Å². The molecule has 0 N–H and O–H groups in total. The molecule has 0 amide bonds. The Morgan fingerprint density at radius 3 is 2.00 bits per heavy atom. The second kappa shape index (κ2) is 8.98. The quantitative estimate of drug-likeness (QED) is 0.343. The van der Waals surface area contributed by atoms with Gasteiger partial charge in [0.1, 0.15) is 0 Å². The van der Waals surface area contributed by atoms with Crippen molar-refractivity contribution in [3.05, 3.63) is 12.7 Å². The van der Waals surface area contributed by atoms with Gasteiger partial charge in [-0.25, -0.2) is 0 Å². The van der Waals surface area contributed by atoms with Crippen LogP contribution >= 0.6 is 11.6 Å². The molecule has 0 saturated heterocycles. The third kappa shape index (κ3) is 15.7. The molecule has 0 aromatic rings. The molecule has 0 aliphatic heterocycles. The molecule has 0 nitrogen and oxygen atoms in total. The lowest BCUT2D eigenvalue weighted by molar-refractivity contribution is 1.80. The van der Waals surface area contributed by atoms with E-state index in [9.17, 15) is 0 Å². The Morgan fingerprint density at radius 2 is 2.00 bits per heavy atom. The van der Waals surface area contributed by atoms with E-state index in [-0.39, 0.29) is 7.43 Å². The van der Waals surface area contributed by atoms with Crippen LogP contribution in [-0.4, -0.2) is 5.88 Å². The van der Waals surface area contributed by atoms with E-state index in [2.05, 4.69) is 6.58 Å². The van der Waals surface area contributed by atoms with Gasteiger partial charge in [0, 0.05) is 5.88 Å². The highest BCUT2D eigenvalue weighted by Gasteiger charge is 1.48. The summed E-state index contributed by atoms with van der Waals surface area (Å²) in [5, 5.41) is 0. The summed E-state index contributed by atoms with van der Waals surface area (Å²) in [7, 11) is 0. The molecule has 0 spiro atoms. The van der Waals surface area contributed by atoms with Gasteiger partial charge in [0.2, 0.25) is 0 Å². The third-order valence-electron chi connectivity index (χ3n) is 0.109. The first kappa shape index (κ1) is 8.90. The average molecular weight is 92.6 g/mol. The topological polar surface area (TPSA) is 0 Å². The van der Waals surface area contributed by atoms with Gasteiger partial charge in [-0.15, -0.1) is 18.2 Å². The molecule has 0 bridgehead atoms. The molecule has 0 radical (unpaired) electrons. The fraction of sp³-hybridized carbons (Fsp3) is 0.500. The Bertz CT molecular complexity index is 17.6. The van der Waals surface area contributed by atoms with E-state index in [1.54, 1.807) is 6.08 Å². The first-order chi connectivity index (χ1) is 1.91. The predicted molar refractivity (Wildman–Crippen MR) is 27.6 cm³/mol. The minimum Gasteiger partial charge on any atom is -0.122 e. The average Bonchev–Trinajstić information content (AvgIpc) is 1.37. The van der Waals surface area contributed by atoms with Crippen LogP contribution < -0.4 is 0 Å². The van der Waals surface area contributed by atoms with Gasteiger partial charge >= 0.3 is 0 Å². The first-order valence-electron chi connectivity index (χ1n) is 1.08. The zero-order valence-electron chi connectivity index (χ0n) is 2.37. The minimum absolute atomic E-state index is 0. The smallest absolute Gasteiger partial charge is 0.0401 e. The van der Waals surface area contributed by atoms with Crippen molar-refractivity contribution >= 4 is 11.6 Å². The Labute approximate surface area is 38.5 Å². The van der Waals surface area contributed by atoms with Crippen molar-refractivity contribution in [1.82, 2.24) is 0 Å². The maximum atomic E-state index is 5.07. The summed E-state index contributed by atoms with van der Waals surface area (Å²) in [6.45, 7) is 3.35. The van der Waals surface area contributed by atoms with E-state index in [1.807, 2.05) is 0 Å². The lowest BCUT2D eigenvalue weighted by atomic mass is 10.8. The van der Waals surface area contributed by atoms with E-state index in [1.165, 1.54) is 0 Å². The maximum Gasteiger partial charge on any atom is 0.0401 e. The lowest BCUT2D eigenvalue weighted by Gasteiger charge is -1.55. The SMILES string of the molecule is C.C=CCCl. The molecule has 0 rings (SSSR count). The summed E-state index contributed by atoms with van der Waals surface area (Å²) in [5.74, 6) is 0.556. The van der Waals surface area contributed by atoms with E-state index >= 15 is 0 Å². The van der Waals surface area contributed by atoms with Gasteiger partial charge in [-0.05, 0) is 0 Å². The molecule has 5 heavy (non-hydrogen) atoms. The largest absolute Gasteiger partial charge is 0.122 e. The van der Waals surface area contributed by atoms with Crippen LogP contribution in [0.1, 0.15) is 7.43 Å². The van der Waals surface area contributed by atoms with E-state index in [0.717, 1.165) is 0 Å². The Kier molecular flexibility index (Phi) is 16.0. The number of hydrogen-bond donors (Lipinski definition) is 0. The van der Waals surface area contributed by atoms with Gasteiger partial charge in [-0.3, -0.25) is 0 Å². The van der Waals surface area contributed by atoms with Gasteiger partial charge in [0.05, 0.1) is 0 Å². The molecule has 32 valence electrons. The highest BCUT2D eigenvalue weighted by atomic mass is 35.5. The van der Waals surface area contributed by atoms with Gasteiger partial charge in [0.25, 0.3) is 0 Å². The molecular formula is C4H9Cl. The lowest BCUT2D eigenvalue weighted by Crippen LogP contribution is -1.45. The van der Waals surface area contributed by atoms with Crippen molar-refractivity contribution in [2.45, 2.75) is 7.43 Å². The highest BCUT2D eigenvalue weighted by Crippen LogP contribution is 1.67. The van der Waals surface area contributed by atoms with Crippen LogP contribution in [0.2, 0.25) is 0 Å². The molecule has 0 aliphatic carbocycles. The van der Waals surface area contributed by atoms with Crippen molar-refractivity contribution in [3.8, 4) is 0 Å². The number of rotatable bonds is 1. The molecule has 1 heteroatoms. The fourth-order valence-electron chi connectivity index (χ4n) is 0. The number of halogens is 1. The number of alkyl halides is 1. The van der Waals surface area contributed by atoms with Crippen molar-refractivity contribution in [2.24, 2.45) is 0 Å². The van der Waals surface area contributed by atoms with Gasteiger partial charge in [0.15, 0.2) is 0 Å². The van der Waals surface area contributed by atoms with Gasteiger partial charge in [-0.1, -0.05) is 13.5 Å². The summed E-state index contributed by atoms with van der Waals surface area (Å²) in [5.41, 5.74) is 0. The van der Waals surface area contributed by atoms with Crippen LogP contribution in [-0.2, 0) is 0 Å². The maximum absolute atomic E-state index is 5.07. The van der Waals surface area contributed by atoms with Crippen LogP contribution in [0.25, 0.3) is 0 Å². The minimum atomic E-state index is 0. The predicted octanol–water partition coefficient (Wildman–Crippen LogP) is 2.05. The Hall–Kier alpha value is 0.0300. The zero-order chi connectivity index (χ0) is 3.41. The van der Waals surface area contributed by atoms with Crippen molar-refractivity contribution < 1.29 is 0 Å². The molecular weight excluding hydrogens is 83.5 g/mol.